The second kappa shape index (κ2) is 3.52. The highest BCUT2D eigenvalue weighted by molar-refractivity contribution is 8.15. The minimum Gasteiger partial charge on any atom is -0.507 e. The van der Waals surface area contributed by atoms with Gasteiger partial charge >= 0.3 is 0 Å². The molecule has 0 radical (unpaired) electrons. The average Bonchev–Trinajstić information content (AvgIpc) is 2.72. The maximum absolute atomic E-state index is 12.1. The molecular formula is C16H10O2S. The van der Waals surface area contributed by atoms with E-state index in [1.54, 1.807) is 12.1 Å². The summed E-state index contributed by atoms with van der Waals surface area (Å²) < 4.78 is 0. The summed E-state index contributed by atoms with van der Waals surface area (Å²) in [7, 11) is 0. The van der Waals surface area contributed by atoms with Crippen molar-refractivity contribution in [3.63, 3.8) is 0 Å². The van der Waals surface area contributed by atoms with Gasteiger partial charge in [0.25, 0.3) is 0 Å². The van der Waals surface area contributed by atoms with Gasteiger partial charge in [0.2, 0.25) is 5.12 Å². The molecule has 1 N–H and O–H groups in total. The van der Waals surface area contributed by atoms with Crippen LogP contribution in [-0.2, 0) is 0 Å². The second-order valence-electron chi connectivity index (χ2n) is 4.87. The molecule has 92 valence electrons. The van der Waals surface area contributed by atoms with Gasteiger partial charge in [-0.05, 0) is 47.7 Å². The molecule has 1 heterocycles. The van der Waals surface area contributed by atoms with Crippen molar-refractivity contribution in [3.8, 4) is 5.75 Å². The van der Waals surface area contributed by atoms with Gasteiger partial charge in [0.05, 0.1) is 0 Å². The molecule has 4 rings (SSSR count). The predicted molar refractivity (Wildman–Crippen MR) is 78.0 cm³/mol. The number of thioether (sulfide) groups is 1. The van der Waals surface area contributed by atoms with Crippen molar-refractivity contribution in [2.75, 3.05) is 0 Å². The molecule has 1 aliphatic heterocycles. The van der Waals surface area contributed by atoms with Gasteiger partial charge in [0.15, 0.2) is 0 Å². The van der Waals surface area contributed by atoms with Crippen molar-refractivity contribution in [1.82, 2.24) is 0 Å². The predicted octanol–water partition coefficient (Wildman–Crippen LogP) is 4.25. The lowest BCUT2D eigenvalue weighted by Crippen LogP contribution is -1.86. The molecule has 3 heteroatoms. The molecule has 0 aromatic heterocycles. The number of carbonyl (C=O) groups excluding carboxylic acids is 1. The van der Waals surface area contributed by atoms with Crippen LogP contribution >= 0.6 is 11.8 Å². The van der Waals surface area contributed by atoms with Crippen LogP contribution in [0, 0.1) is 6.92 Å². The summed E-state index contributed by atoms with van der Waals surface area (Å²) >= 11 is 1.27. The molecule has 0 saturated heterocycles. The standard InChI is InChI=1S/C16H10O2S/c1-8-2-3-9-7-12-13(17)5-4-10-14(12)15(11(9)6-8)19-16(10)18/h2-7,17H,1H3. The van der Waals surface area contributed by atoms with Crippen molar-refractivity contribution < 1.29 is 9.90 Å². The van der Waals surface area contributed by atoms with E-state index in [2.05, 4.69) is 6.07 Å². The fraction of sp³-hybridized carbons (Fsp3) is 0.0625. The summed E-state index contributed by atoms with van der Waals surface area (Å²) in [6.07, 6.45) is 0. The summed E-state index contributed by atoms with van der Waals surface area (Å²) in [5.41, 5.74) is 1.88. The van der Waals surface area contributed by atoms with Crippen molar-refractivity contribution >= 4 is 38.4 Å². The van der Waals surface area contributed by atoms with Crippen LogP contribution in [0.5, 0.6) is 5.75 Å². The number of fused-ring (bicyclic) bond motifs is 2. The zero-order valence-electron chi connectivity index (χ0n) is 10.2. The number of phenols is 1. The SMILES string of the molecule is Cc1ccc2cc3c(O)ccc4c3c(c2c1)SC4=O. The molecule has 0 saturated carbocycles. The van der Waals surface area contributed by atoms with E-state index >= 15 is 0 Å². The lowest BCUT2D eigenvalue weighted by Gasteiger charge is -2.07. The fourth-order valence-electron chi connectivity index (χ4n) is 2.71. The third-order valence-corrected chi connectivity index (χ3v) is 4.65. The van der Waals surface area contributed by atoms with E-state index in [0.717, 1.165) is 26.4 Å². The minimum absolute atomic E-state index is 0.0639. The number of carbonyl (C=O) groups is 1. The molecule has 0 unspecified atom stereocenters. The van der Waals surface area contributed by atoms with Crippen LogP contribution in [0.2, 0.25) is 0 Å². The lowest BCUT2D eigenvalue weighted by molar-refractivity contribution is 0.109. The molecule has 0 atom stereocenters. The van der Waals surface area contributed by atoms with Crippen molar-refractivity contribution in [2.45, 2.75) is 11.8 Å². The molecule has 2 nitrogen and oxygen atoms in total. The molecule has 3 aromatic rings. The Balaban J connectivity index is 2.31. The monoisotopic (exact) mass is 266 g/mol. The van der Waals surface area contributed by atoms with Crippen LogP contribution in [0.1, 0.15) is 15.9 Å². The summed E-state index contributed by atoms with van der Waals surface area (Å²) in [6, 6.07) is 11.5. The Morgan fingerprint density at radius 2 is 1.89 bits per heavy atom. The Hall–Kier alpha value is -2.00. The second-order valence-corrected chi connectivity index (χ2v) is 5.86. The Morgan fingerprint density at radius 1 is 1.05 bits per heavy atom. The van der Waals surface area contributed by atoms with Crippen LogP contribution < -0.4 is 0 Å². The zero-order chi connectivity index (χ0) is 13.1. The smallest absolute Gasteiger partial charge is 0.224 e. The number of hydrogen-bond donors (Lipinski definition) is 1. The molecule has 0 fully saturated rings. The Labute approximate surface area is 114 Å². The number of aryl methyl sites for hydroxylation is 1. The molecule has 3 aromatic carbocycles. The molecular weight excluding hydrogens is 256 g/mol. The topological polar surface area (TPSA) is 37.3 Å². The minimum atomic E-state index is 0.0639. The van der Waals surface area contributed by atoms with Crippen LogP contribution in [0.25, 0.3) is 21.5 Å². The third kappa shape index (κ3) is 1.36. The highest BCUT2D eigenvalue weighted by atomic mass is 32.2. The molecule has 19 heavy (non-hydrogen) atoms. The third-order valence-electron chi connectivity index (χ3n) is 3.62. The van der Waals surface area contributed by atoms with E-state index in [1.807, 2.05) is 25.1 Å². The highest BCUT2D eigenvalue weighted by Gasteiger charge is 2.26. The number of aromatic hydroxyl groups is 1. The van der Waals surface area contributed by atoms with E-state index in [4.69, 9.17) is 0 Å². The largest absolute Gasteiger partial charge is 0.507 e. The highest BCUT2D eigenvalue weighted by Crippen LogP contribution is 2.47. The van der Waals surface area contributed by atoms with E-state index in [1.165, 1.54) is 17.3 Å². The molecule has 0 spiro atoms. The Morgan fingerprint density at radius 3 is 2.74 bits per heavy atom. The summed E-state index contributed by atoms with van der Waals surface area (Å²) in [5.74, 6) is 0.234. The van der Waals surface area contributed by atoms with Gasteiger partial charge in [0, 0.05) is 21.2 Å². The van der Waals surface area contributed by atoms with Crippen molar-refractivity contribution in [1.29, 1.82) is 0 Å². The van der Waals surface area contributed by atoms with Gasteiger partial charge in [0.1, 0.15) is 5.75 Å². The van der Waals surface area contributed by atoms with Crippen LogP contribution in [0.3, 0.4) is 0 Å². The fourth-order valence-corrected chi connectivity index (χ4v) is 3.78. The van der Waals surface area contributed by atoms with Crippen molar-refractivity contribution in [2.24, 2.45) is 0 Å². The van der Waals surface area contributed by atoms with Gasteiger partial charge in [-0.25, -0.2) is 0 Å². The van der Waals surface area contributed by atoms with Crippen LogP contribution in [0.4, 0.5) is 0 Å². The van der Waals surface area contributed by atoms with Gasteiger partial charge in [-0.15, -0.1) is 0 Å². The van der Waals surface area contributed by atoms with E-state index < -0.39 is 0 Å². The zero-order valence-corrected chi connectivity index (χ0v) is 11.0. The maximum Gasteiger partial charge on any atom is 0.224 e. The van der Waals surface area contributed by atoms with E-state index in [9.17, 15) is 9.90 Å². The molecule has 0 aliphatic carbocycles. The maximum atomic E-state index is 12.1. The first kappa shape index (κ1) is 10.9. The van der Waals surface area contributed by atoms with Gasteiger partial charge in [-0.2, -0.15) is 0 Å². The van der Waals surface area contributed by atoms with Crippen LogP contribution in [0.15, 0.2) is 41.3 Å². The Bertz CT molecular complexity index is 881. The molecule has 0 bridgehead atoms. The number of phenolic OH excluding ortho intramolecular Hbond substituents is 1. The first-order valence-electron chi connectivity index (χ1n) is 6.06. The van der Waals surface area contributed by atoms with Crippen molar-refractivity contribution in [3.05, 3.63) is 47.5 Å². The lowest BCUT2D eigenvalue weighted by atomic mass is 9.98. The number of benzene rings is 3. The summed E-state index contributed by atoms with van der Waals surface area (Å²) in [5, 5.41) is 13.9. The first-order chi connectivity index (χ1) is 9.15. The van der Waals surface area contributed by atoms with Gasteiger partial charge in [-0.1, -0.05) is 23.8 Å². The first-order valence-corrected chi connectivity index (χ1v) is 6.88. The van der Waals surface area contributed by atoms with Gasteiger partial charge < -0.3 is 5.11 Å². The molecule has 0 amide bonds. The summed E-state index contributed by atoms with van der Waals surface area (Å²) in [4.78, 5) is 13.0. The Kier molecular flexibility index (Phi) is 2.01. The summed E-state index contributed by atoms with van der Waals surface area (Å²) in [6.45, 7) is 2.04. The quantitative estimate of drug-likeness (QED) is 0.618. The van der Waals surface area contributed by atoms with E-state index in [-0.39, 0.29) is 10.9 Å². The normalized spacial score (nSPS) is 13.6. The number of rotatable bonds is 0. The van der Waals surface area contributed by atoms with Gasteiger partial charge in [-0.3, -0.25) is 4.79 Å². The van der Waals surface area contributed by atoms with E-state index in [0.29, 0.717) is 5.56 Å². The molecule has 1 aliphatic rings. The van der Waals surface area contributed by atoms with Crippen LogP contribution in [-0.4, -0.2) is 10.2 Å². The average molecular weight is 266 g/mol. The number of hydrogen-bond acceptors (Lipinski definition) is 3.